The summed E-state index contributed by atoms with van der Waals surface area (Å²) in [4.78, 5) is 18.8. The minimum atomic E-state index is -3.60. The fourth-order valence-corrected chi connectivity index (χ4v) is 5.13. The molecule has 2 aliphatic heterocycles. The molecule has 0 N–H and O–H groups in total. The molecule has 1 spiro atoms. The first-order valence-electron chi connectivity index (χ1n) is 8.18. The van der Waals surface area contributed by atoms with E-state index < -0.39 is 15.4 Å². The second-order valence-electron chi connectivity index (χ2n) is 6.45. The summed E-state index contributed by atoms with van der Waals surface area (Å²) in [6, 6.07) is 3.15. The van der Waals surface area contributed by atoms with Crippen LogP contribution in [0.15, 0.2) is 29.4 Å². The van der Waals surface area contributed by atoms with Crippen LogP contribution in [0, 0.1) is 5.41 Å². The van der Waals surface area contributed by atoms with Crippen molar-refractivity contribution in [1.82, 2.24) is 14.2 Å². The fraction of sp³-hybridized carbons (Fsp3) is 0.625. The summed E-state index contributed by atoms with van der Waals surface area (Å²) in [6.45, 7) is 2.42. The minimum Gasteiger partial charge on any atom is -0.383 e. The van der Waals surface area contributed by atoms with Crippen LogP contribution in [0.25, 0.3) is 0 Å². The molecule has 0 aliphatic carbocycles. The summed E-state index contributed by atoms with van der Waals surface area (Å²) < 4.78 is 32.0. The van der Waals surface area contributed by atoms with Gasteiger partial charge in [0.25, 0.3) is 0 Å². The molecule has 1 aromatic heterocycles. The molecule has 1 aromatic rings. The summed E-state index contributed by atoms with van der Waals surface area (Å²) in [5.41, 5.74) is -0.582. The van der Waals surface area contributed by atoms with E-state index in [1.807, 2.05) is 4.90 Å². The molecule has 1 amide bonds. The lowest BCUT2D eigenvalue weighted by molar-refractivity contribution is -0.146. The molecular formula is C16H23N3O4S. The maximum Gasteiger partial charge on any atom is 0.244 e. The lowest BCUT2D eigenvalue weighted by Gasteiger charge is -2.39. The minimum absolute atomic E-state index is 0.0645. The van der Waals surface area contributed by atoms with E-state index in [1.54, 1.807) is 25.4 Å². The van der Waals surface area contributed by atoms with Crippen molar-refractivity contribution >= 4 is 15.9 Å². The van der Waals surface area contributed by atoms with Gasteiger partial charge in [0.15, 0.2) is 0 Å². The van der Waals surface area contributed by atoms with E-state index in [-0.39, 0.29) is 17.3 Å². The number of sulfonamides is 1. The third-order valence-corrected chi connectivity index (χ3v) is 6.81. The number of carbonyl (C=O) groups is 1. The molecule has 8 heteroatoms. The van der Waals surface area contributed by atoms with Crippen molar-refractivity contribution in [3.05, 3.63) is 24.5 Å². The van der Waals surface area contributed by atoms with Gasteiger partial charge < -0.3 is 9.64 Å². The van der Waals surface area contributed by atoms with Crippen molar-refractivity contribution in [2.75, 3.05) is 39.9 Å². The smallest absolute Gasteiger partial charge is 0.244 e. The number of amides is 1. The first kappa shape index (κ1) is 17.3. The number of hydrogen-bond acceptors (Lipinski definition) is 5. The second kappa shape index (κ2) is 6.78. The van der Waals surface area contributed by atoms with Crippen molar-refractivity contribution in [1.29, 1.82) is 0 Å². The maximum atomic E-state index is 12.9. The van der Waals surface area contributed by atoms with Crippen LogP contribution < -0.4 is 0 Å². The molecule has 0 aromatic carbocycles. The molecule has 2 aliphatic rings. The third-order valence-electron chi connectivity index (χ3n) is 4.98. The Morgan fingerprint density at radius 2 is 2.17 bits per heavy atom. The van der Waals surface area contributed by atoms with Crippen LogP contribution in [-0.4, -0.2) is 68.4 Å². The van der Waals surface area contributed by atoms with Crippen molar-refractivity contribution < 1.29 is 17.9 Å². The first-order valence-corrected chi connectivity index (χ1v) is 9.62. The average Bonchev–Trinajstić information content (AvgIpc) is 3.03. The van der Waals surface area contributed by atoms with E-state index in [2.05, 4.69) is 4.98 Å². The van der Waals surface area contributed by atoms with Gasteiger partial charge in [0.1, 0.15) is 4.90 Å². The van der Waals surface area contributed by atoms with Crippen LogP contribution in [0.3, 0.4) is 0 Å². The number of methoxy groups -OCH3 is 1. The monoisotopic (exact) mass is 353 g/mol. The molecule has 2 saturated heterocycles. The number of nitrogens with zero attached hydrogens (tertiary/aromatic N) is 3. The summed E-state index contributed by atoms with van der Waals surface area (Å²) in [5.74, 6) is 0.0645. The van der Waals surface area contributed by atoms with Gasteiger partial charge in [0.2, 0.25) is 15.9 Å². The van der Waals surface area contributed by atoms with Crippen LogP contribution in [0.4, 0.5) is 0 Å². The molecular weight excluding hydrogens is 330 g/mol. The van der Waals surface area contributed by atoms with Crippen molar-refractivity contribution in [2.45, 2.75) is 24.2 Å². The number of piperidine rings is 1. The quantitative estimate of drug-likeness (QED) is 0.780. The summed E-state index contributed by atoms with van der Waals surface area (Å²) in [6.07, 6.45) is 5.12. The van der Waals surface area contributed by atoms with E-state index >= 15 is 0 Å². The topological polar surface area (TPSA) is 79.8 Å². The zero-order valence-corrected chi connectivity index (χ0v) is 14.7. The molecule has 7 nitrogen and oxygen atoms in total. The highest BCUT2D eigenvalue weighted by Gasteiger charge is 2.50. The van der Waals surface area contributed by atoms with Crippen LogP contribution in [0.1, 0.15) is 19.3 Å². The van der Waals surface area contributed by atoms with Gasteiger partial charge in [-0.15, -0.1) is 0 Å². The fourth-order valence-electron chi connectivity index (χ4n) is 3.63. The SMILES string of the molecule is COCCN1CCCC2(CCN(S(=O)(=O)c3cccnc3)C2)C1=O. The van der Waals surface area contributed by atoms with E-state index in [1.165, 1.54) is 10.5 Å². The van der Waals surface area contributed by atoms with Gasteiger partial charge in [-0.05, 0) is 31.4 Å². The predicted molar refractivity (Wildman–Crippen MR) is 87.7 cm³/mol. The zero-order chi connectivity index (χ0) is 17.2. The number of aromatic nitrogens is 1. The van der Waals surface area contributed by atoms with Gasteiger partial charge in [0.05, 0.1) is 12.0 Å². The van der Waals surface area contributed by atoms with Crippen LogP contribution in [0.5, 0.6) is 0 Å². The molecule has 1 atom stereocenters. The van der Waals surface area contributed by atoms with E-state index in [4.69, 9.17) is 4.74 Å². The number of hydrogen-bond donors (Lipinski definition) is 0. The van der Waals surface area contributed by atoms with Gasteiger partial charge >= 0.3 is 0 Å². The normalized spacial score (nSPS) is 25.5. The lowest BCUT2D eigenvalue weighted by Crippen LogP contribution is -2.51. The van der Waals surface area contributed by atoms with Gasteiger partial charge in [-0.3, -0.25) is 9.78 Å². The Labute approximate surface area is 142 Å². The number of pyridine rings is 1. The number of ether oxygens (including phenoxy) is 1. The number of carbonyl (C=O) groups excluding carboxylic acids is 1. The molecule has 0 bridgehead atoms. The van der Waals surface area contributed by atoms with E-state index in [0.717, 1.165) is 19.4 Å². The van der Waals surface area contributed by atoms with Crippen molar-refractivity contribution in [3.63, 3.8) is 0 Å². The van der Waals surface area contributed by atoms with Gasteiger partial charge in [-0.1, -0.05) is 0 Å². The molecule has 132 valence electrons. The van der Waals surface area contributed by atoms with Gasteiger partial charge in [0, 0.05) is 45.7 Å². The second-order valence-corrected chi connectivity index (χ2v) is 8.38. The highest BCUT2D eigenvalue weighted by Crippen LogP contribution is 2.41. The van der Waals surface area contributed by atoms with Crippen molar-refractivity contribution in [3.8, 4) is 0 Å². The number of rotatable bonds is 5. The van der Waals surface area contributed by atoms with E-state index in [9.17, 15) is 13.2 Å². The molecule has 24 heavy (non-hydrogen) atoms. The van der Waals surface area contributed by atoms with Crippen molar-refractivity contribution in [2.24, 2.45) is 5.41 Å². The summed E-state index contributed by atoms with van der Waals surface area (Å²) in [7, 11) is -1.98. The van der Waals surface area contributed by atoms with Gasteiger partial charge in [-0.2, -0.15) is 4.31 Å². The Kier molecular flexibility index (Phi) is 4.89. The highest BCUT2D eigenvalue weighted by molar-refractivity contribution is 7.89. The molecule has 3 rings (SSSR count). The average molecular weight is 353 g/mol. The molecule has 0 saturated carbocycles. The lowest BCUT2D eigenvalue weighted by atomic mass is 9.78. The molecule has 1 unspecified atom stereocenters. The third kappa shape index (κ3) is 3.05. The highest BCUT2D eigenvalue weighted by atomic mass is 32.2. The molecule has 3 heterocycles. The Hall–Kier alpha value is -1.51. The van der Waals surface area contributed by atoms with Crippen LogP contribution in [-0.2, 0) is 19.6 Å². The molecule has 0 radical (unpaired) electrons. The van der Waals surface area contributed by atoms with E-state index in [0.29, 0.717) is 26.1 Å². The molecule has 2 fully saturated rings. The van der Waals surface area contributed by atoms with Crippen LogP contribution >= 0.6 is 0 Å². The summed E-state index contributed by atoms with van der Waals surface area (Å²) >= 11 is 0. The Morgan fingerprint density at radius 1 is 1.33 bits per heavy atom. The standard InChI is InChI=1S/C16H23N3O4S/c1-23-11-10-18-8-3-5-16(15(18)20)6-9-19(13-16)24(21,22)14-4-2-7-17-12-14/h2,4,7,12H,3,5-6,8-11,13H2,1H3. The first-order chi connectivity index (χ1) is 11.5. The summed E-state index contributed by atoms with van der Waals surface area (Å²) in [5, 5.41) is 0. The van der Waals surface area contributed by atoms with Crippen LogP contribution in [0.2, 0.25) is 0 Å². The Morgan fingerprint density at radius 3 is 2.88 bits per heavy atom. The zero-order valence-electron chi connectivity index (χ0n) is 13.8. The van der Waals surface area contributed by atoms with Gasteiger partial charge in [-0.25, -0.2) is 8.42 Å². The maximum absolute atomic E-state index is 12.9. The Balaban J connectivity index is 1.78. The predicted octanol–water partition coefficient (Wildman–Crippen LogP) is 0.731. The Bertz CT molecular complexity index is 695. The number of likely N-dealkylation sites (tertiary alicyclic amines) is 1. The largest absolute Gasteiger partial charge is 0.383 e.